The lowest BCUT2D eigenvalue weighted by Crippen LogP contribution is -2.22. The summed E-state index contributed by atoms with van der Waals surface area (Å²) in [6.45, 7) is 2.02. The van der Waals surface area contributed by atoms with Crippen LogP contribution < -0.4 is 5.73 Å². The Balaban J connectivity index is 2.10. The van der Waals surface area contributed by atoms with Gasteiger partial charge in [0.2, 0.25) is 5.71 Å². The van der Waals surface area contributed by atoms with Gasteiger partial charge in [0.25, 0.3) is 0 Å². The van der Waals surface area contributed by atoms with Crippen molar-refractivity contribution in [2.24, 2.45) is 5.16 Å². The van der Waals surface area contributed by atoms with Gasteiger partial charge in [0.15, 0.2) is 5.13 Å². The number of nitrogens with two attached hydrogens (primary N) is 1. The number of thiazole rings is 1. The van der Waals surface area contributed by atoms with Crippen LogP contribution in [0.1, 0.15) is 44.7 Å². The molecule has 1 aliphatic carbocycles. The third kappa shape index (κ3) is 3.93. The highest BCUT2D eigenvalue weighted by Gasteiger charge is 2.21. The number of carbonyl (C=O) groups is 1. The summed E-state index contributed by atoms with van der Waals surface area (Å²) in [5.41, 5.74) is 6.08. The summed E-state index contributed by atoms with van der Waals surface area (Å²) in [4.78, 5) is 21.5. The lowest BCUT2D eigenvalue weighted by Gasteiger charge is -2.19. The van der Waals surface area contributed by atoms with Crippen LogP contribution in [0.15, 0.2) is 10.5 Å². The molecule has 20 heavy (non-hydrogen) atoms. The highest BCUT2D eigenvalue weighted by atomic mass is 32.1. The summed E-state index contributed by atoms with van der Waals surface area (Å²) in [5.74, 6) is -0.534. The van der Waals surface area contributed by atoms with Crippen LogP contribution >= 0.6 is 11.3 Å². The molecule has 1 aromatic rings. The first-order valence-corrected chi connectivity index (χ1v) is 7.71. The number of carbonyl (C=O) groups excluding carboxylic acids is 1. The maximum Gasteiger partial charge on any atom is 0.362 e. The van der Waals surface area contributed by atoms with Gasteiger partial charge >= 0.3 is 5.97 Å². The van der Waals surface area contributed by atoms with Crippen LogP contribution in [0.2, 0.25) is 0 Å². The summed E-state index contributed by atoms with van der Waals surface area (Å²) in [6.07, 6.45) is 5.52. The van der Waals surface area contributed by atoms with Crippen molar-refractivity contribution in [3.05, 3.63) is 11.1 Å². The van der Waals surface area contributed by atoms with Crippen molar-refractivity contribution in [1.82, 2.24) is 4.98 Å². The number of hydrogen-bond donors (Lipinski definition) is 1. The molecule has 1 heterocycles. The lowest BCUT2D eigenvalue weighted by atomic mass is 9.98. The Morgan fingerprint density at radius 1 is 1.50 bits per heavy atom. The van der Waals surface area contributed by atoms with Crippen LogP contribution in [0.4, 0.5) is 5.13 Å². The van der Waals surface area contributed by atoms with E-state index in [1.54, 1.807) is 12.3 Å². The van der Waals surface area contributed by atoms with Crippen molar-refractivity contribution in [3.63, 3.8) is 0 Å². The molecule has 6 nitrogen and oxygen atoms in total. The molecular weight excluding hydrogens is 278 g/mol. The maximum atomic E-state index is 11.9. The van der Waals surface area contributed by atoms with Gasteiger partial charge in [-0.25, -0.2) is 9.78 Å². The predicted molar refractivity (Wildman–Crippen MR) is 77.7 cm³/mol. The highest BCUT2D eigenvalue weighted by Crippen LogP contribution is 2.21. The number of esters is 1. The fourth-order valence-electron chi connectivity index (χ4n) is 2.08. The van der Waals surface area contributed by atoms with Crippen LogP contribution in [0, 0.1) is 0 Å². The molecule has 7 heteroatoms. The summed E-state index contributed by atoms with van der Waals surface area (Å²) in [6, 6.07) is 0. The largest absolute Gasteiger partial charge is 0.461 e. The van der Waals surface area contributed by atoms with E-state index in [4.69, 9.17) is 15.3 Å². The molecule has 0 atom stereocenters. The van der Waals surface area contributed by atoms with E-state index in [9.17, 15) is 4.79 Å². The molecule has 1 saturated carbocycles. The fraction of sp³-hybridized carbons (Fsp3) is 0.615. The van der Waals surface area contributed by atoms with Crippen LogP contribution in [-0.2, 0) is 14.4 Å². The smallest absolute Gasteiger partial charge is 0.362 e. The average molecular weight is 297 g/mol. The molecule has 0 bridgehead atoms. The minimum atomic E-state index is -0.534. The van der Waals surface area contributed by atoms with Crippen molar-refractivity contribution in [2.75, 3.05) is 12.3 Å². The second-order valence-corrected chi connectivity index (χ2v) is 5.49. The van der Waals surface area contributed by atoms with Crippen LogP contribution in [0.25, 0.3) is 0 Å². The van der Waals surface area contributed by atoms with Gasteiger partial charge in [-0.2, -0.15) is 0 Å². The number of oxime groups is 1. The second-order valence-electron chi connectivity index (χ2n) is 4.60. The molecule has 1 aromatic heterocycles. The maximum absolute atomic E-state index is 11.9. The molecule has 0 aliphatic heterocycles. The molecule has 1 fully saturated rings. The molecule has 0 aromatic carbocycles. The van der Waals surface area contributed by atoms with Crippen LogP contribution in [0.5, 0.6) is 0 Å². The van der Waals surface area contributed by atoms with Gasteiger partial charge in [-0.15, -0.1) is 11.3 Å². The Bertz CT molecular complexity index is 481. The zero-order valence-electron chi connectivity index (χ0n) is 11.5. The Morgan fingerprint density at radius 2 is 2.25 bits per heavy atom. The number of nitrogen functional groups attached to an aromatic ring is 1. The van der Waals surface area contributed by atoms with Crippen molar-refractivity contribution in [3.8, 4) is 0 Å². The van der Waals surface area contributed by atoms with E-state index in [1.165, 1.54) is 17.8 Å². The van der Waals surface area contributed by atoms with Gasteiger partial charge in [0.05, 0.1) is 6.61 Å². The molecule has 0 radical (unpaired) electrons. The zero-order chi connectivity index (χ0) is 14.4. The van der Waals surface area contributed by atoms with Gasteiger partial charge in [0.1, 0.15) is 11.8 Å². The summed E-state index contributed by atoms with van der Waals surface area (Å²) in [7, 11) is 0. The quantitative estimate of drug-likeness (QED) is 0.512. The van der Waals surface area contributed by atoms with E-state index in [2.05, 4.69) is 10.1 Å². The van der Waals surface area contributed by atoms with Crippen molar-refractivity contribution < 1.29 is 14.4 Å². The molecular formula is C13H19N3O3S. The number of nitrogens with zero attached hydrogens (tertiary/aromatic N) is 2. The average Bonchev–Trinajstić information content (AvgIpc) is 2.87. The van der Waals surface area contributed by atoms with Gasteiger partial charge in [0, 0.05) is 5.38 Å². The Hall–Kier alpha value is -1.63. The number of ether oxygens (including phenoxy) is 1. The third-order valence-corrected chi connectivity index (χ3v) is 3.75. The second kappa shape index (κ2) is 7.23. The normalized spacial score (nSPS) is 16.9. The van der Waals surface area contributed by atoms with E-state index in [-0.39, 0.29) is 18.4 Å². The molecule has 1 aliphatic rings. The number of aromatic nitrogens is 1. The van der Waals surface area contributed by atoms with Gasteiger partial charge in [-0.05, 0) is 32.6 Å². The molecule has 2 N–H and O–H groups in total. The lowest BCUT2D eigenvalue weighted by molar-refractivity contribution is -0.135. The van der Waals surface area contributed by atoms with E-state index < -0.39 is 5.97 Å². The summed E-state index contributed by atoms with van der Waals surface area (Å²) in [5, 5.41) is 6.04. The minimum absolute atomic E-state index is 0.0733. The van der Waals surface area contributed by atoms with E-state index >= 15 is 0 Å². The summed E-state index contributed by atoms with van der Waals surface area (Å²) >= 11 is 1.25. The van der Waals surface area contributed by atoms with E-state index in [1.807, 2.05) is 0 Å². The van der Waals surface area contributed by atoms with Crippen molar-refractivity contribution in [2.45, 2.75) is 45.1 Å². The topological polar surface area (TPSA) is 86.8 Å². The van der Waals surface area contributed by atoms with Gasteiger partial charge < -0.3 is 15.3 Å². The van der Waals surface area contributed by atoms with Crippen LogP contribution in [-0.4, -0.2) is 29.4 Å². The Kier molecular flexibility index (Phi) is 5.34. The Morgan fingerprint density at radius 3 is 2.85 bits per heavy atom. The SMILES string of the molecule is CCOC(=O)/C(=N/OC1CCCCC1)c1csc(N)n1. The predicted octanol–water partition coefficient (Wildman–Crippen LogP) is 2.34. The van der Waals surface area contributed by atoms with Gasteiger partial charge in [-0.1, -0.05) is 11.6 Å². The van der Waals surface area contributed by atoms with E-state index in [0.717, 1.165) is 25.7 Å². The first-order chi connectivity index (χ1) is 9.70. The highest BCUT2D eigenvalue weighted by molar-refractivity contribution is 7.13. The van der Waals surface area contributed by atoms with Crippen LogP contribution in [0.3, 0.4) is 0 Å². The number of anilines is 1. The zero-order valence-corrected chi connectivity index (χ0v) is 12.3. The fourth-order valence-corrected chi connectivity index (χ4v) is 2.63. The number of hydrogen-bond acceptors (Lipinski definition) is 7. The molecule has 0 saturated heterocycles. The van der Waals surface area contributed by atoms with E-state index in [0.29, 0.717) is 10.8 Å². The Labute approximate surface area is 122 Å². The molecule has 0 amide bonds. The molecule has 0 unspecified atom stereocenters. The standard InChI is InChI=1S/C13H19N3O3S/c1-2-18-12(17)11(10-8-20-13(14)15-10)16-19-9-6-4-3-5-7-9/h8-9H,2-7H2,1H3,(H2,14,15)/b16-11+. The number of rotatable bonds is 5. The first-order valence-electron chi connectivity index (χ1n) is 6.83. The summed E-state index contributed by atoms with van der Waals surface area (Å²) < 4.78 is 4.98. The monoisotopic (exact) mass is 297 g/mol. The van der Waals surface area contributed by atoms with Crippen molar-refractivity contribution >= 4 is 28.1 Å². The first kappa shape index (κ1) is 14.8. The molecule has 0 spiro atoms. The van der Waals surface area contributed by atoms with Gasteiger partial charge in [-0.3, -0.25) is 0 Å². The minimum Gasteiger partial charge on any atom is -0.461 e. The van der Waals surface area contributed by atoms with Crippen molar-refractivity contribution in [1.29, 1.82) is 0 Å². The third-order valence-electron chi connectivity index (χ3n) is 3.08. The molecule has 2 rings (SSSR count). The molecule has 110 valence electrons.